The number of anilines is 2. The quantitative estimate of drug-likeness (QED) is 0.0892. The highest BCUT2D eigenvalue weighted by Crippen LogP contribution is 2.32. The smallest absolute Gasteiger partial charge is 0.280 e. The predicted octanol–water partition coefficient (Wildman–Crippen LogP) is -3.62. The Morgan fingerprint density at radius 1 is 0.816 bits per heavy atom. The third kappa shape index (κ3) is 7.81. The van der Waals surface area contributed by atoms with Gasteiger partial charge in [-0.1, -0.05) is 13.8 Å². The molecule has 0 aromatic carbocycles. The first-order chi connectivity index (χ1) is 23.3. The first kappa shape index (κ1) is 37.1. The maximum atomic E-state index is 12.0. The number of aromatic nitrogens is 8. The molecule has 0 bridgehead atoms. The lowest BCUT2D eigenvalue weighted by Crippen LogP contribution is -2.33. The predicted molar refractivity (Wildman–Crippen MR) is 167 cm³/mol. The summed E-state index contributed by atoms with van der Waals surface area (Å²) in [6, 6.07) is 0. The van der Waals surface area contributed by atoms with Crippen LogP contribution in [0.15, 0.2) is 22.2 Å². The van der Waals surface area contributed by atoms with Crippen molar-refractivity contribution in [3.8, 4) is 0 Å². The van der Waals surface area contributed by atoms with E-state index >= 15 is 0 Å². The Morgan fingerprint density at radius 3 is 1.67 bits per heavy atom. The van der Waals surface area contributed by atoms with E-state index in [1.54, 1.807) is 13.8 Å². The summed E-state index contributed by atoms with van der Waals surface area (Å²) >= 11 is 0. The van der Waals surface area contributed by atoms with E-state index < -0.39 is 73.4 Å². The van der Waals surface area contributed by atoms with Gasteiger partial charge in [-0.05, 0) is 6.92 Å². The van der Waals surface area contributed by atoms with E-state index in [1.165, 1.54) is 21.8 Å². The molecule has 4 aromatic heterocycles. The van der Waals surface area contributed by atoms with E-state index in [1.807, 2.05) is 6.92 Å². The Balaban J connectivity index is 0.000000197. The van der Waals surface area contributed by atoms with Gasteiger partial charge in [-0.25, -0.2) is 9.97 Å². The first-order valence-electron chi connectivity index (χ1n) is 15.0. The van der Waals surface area contributed by atoms with E-state index in [4.69, 9.17) is 25.4 Å². The Hall–Kier alpha value is -4.68. The fourth-order valence-corrected chi connectivity index (χ4v) is 4.74. The van der Waals surface area contributed by atoms with Crippen molar-refractivity contribution < 1.29 is 49.7 Å². The van der Waals surface area contributed by atoms with Crippen LogP contribution in [0.3, 0.4) is 0 Å². The number of hydrogen-bond acceptors (Lipinski definition) is 17. The second-order valence-electron chi connectivity index (χ2n) is 10.9. The number of nitrogens with two attached hydrogens (primary N) is 1. The zero-order chi connectivity index (χ0) is 36.2. The molecule has 4 aromatic rings. The van der Waals surface area contributed by atoms with Crippen molar-refractivity contribution in [1.29, 1.82) is 0 Å². The van der Waals surface area contributed by atoms with Crippen LogP contribution >= 0.6 is 0 Å². The summed E-state index contributed by atoms with van der Waals surface area (Å²) in [6.07, 6.45) is -5.79. The molecule has 2 aliphatic heterocycles. The number of aromatic amines is 2. The third-order valence-electron chi connectivity index (χ3n) is 7.54. The van der Waals surface area contributed by atoms with Gasteiger partial charge in [0.15, 0.2) is 34.8 Å². The topological polar surface area (TPSA) is 339 Å². The summed E-state index contributed by atoms with van der Waals surface area (Å²) in [5.74, 6) is -0.245. The van der Waals surface area contributed by atoms with Gasteiger partial charge < -0.3 is 50.6 Å². The number of hydrogen-bond donors (Lipinski definition) is 10. The van der Waals surface area contributed by atoms with Crippen LogP contribution in [0.25, 0.3) is 22.3 Å². The number of fused-ring (bicyclic) bond motifs is 2. The number of Topliss-reactive ketones (excluding diaryl/α,β-unsaturated/α-hetero) is 1. The summed E-state index contributed by atoms with van der Waals surface area (Å²) < 4.78 is 13.3. The Kier molecular flexibility index (Phi) is 11.9. The fraction of sp³-hybridized carbons (Fsp3) is 0.556. The van der Waals surface area contributed by atoms with Gasteiger partial charge >= 0.3 is 0 Å². The molecule has 0 saturated carbocycles. The van der Waals surface area contributed by atoms with Crippen LogP contribution in [-0.2, 0) is 19.1 Å². The zero-order valence-corrected chi connectivity index (χ0v) is 26.5. The number of ether oxygens (including phenoxy) is 2. The number of nitrogens with one attached hydrogen (secondary N) is 3. The summed E-state index contributed by atoms with van der Waals surface area (Å²) in [4.78, 5) is 65.5. The maximum absolute atomic E-state index is 12.0. The molecule has 0 unspecified atom stereocenters. The third-order valence-corrected chi connectivity index (χ3v) is 7.54. The number of H-pyrrole nitrogens is 2. The molecule has 1 amide bonds. The fourth-order valence-electron chi connectivity index (χ4n) is 4.74. The van der Waals surface area contributed by atoms with Crippen molar-refractivity contribution in [2.45, 2.75) is 82.7 Å². The van der Waals surface area contributed by atoms with Crippen LogP contribution in [0.2, 0.25) is 0 Å². The Labute approximate surface area is 275 Å². The molecule has 22 heteroatoms. The van der Waals surface area contributed by atoms with Gasteiger partial charge in [0, 0.05) is 12.8 Å². The van der Waals surface area contributed by atoms with Crippen molar-refractivity contribution in [1.82, 2.24) is 39.0 Å². The monoisotopic (exact) mass is 694 g/mol. The highest BCUT2D eigenvalue weighted by molar-refractivity contribution is 5.89. The normalized spacial score (nSPS) is 26.2. The molecular formula is C27H38N10O12. The molecule has 6 rings (SSSR count). The largest absolute Gasteiger partial charge is 0.394 e. The summed E-state index contributed by atoms with van der Waals surface area (Å²) in [5, 5.41) is 60.3. The highest BCUT2D eigenvalue weighted by atomic mass is 16.6. The molecule has 8 atom stereocenters. The van der Waals surface area contributed by atoms with Gasteiger partial charge in [-0.3, -0.25) is 38.8 Å². The number of nitrogen functional groups attached to an aromatic ring is 1. The van der Waals surface area contributed by atoms with Gasteiger partial charge in [0.05, 0.1) is 25.9 Å². The number of amides is 1. The minimum Gasteiger partial charge on any atom is -0.394 e. The number of nitrogens with zero attached hydrogens (tertiary/aromatic N) is 6. The number of aliphatic hydroxyl groups excluding tert-OH is 6. The number of rotatable bonds is 7. The van der Waals surface area contributed by atoms with Crippen LogP contribution in [0.4, 0.5) is 11.9 Å². The lowest BCUT2D eigenvalue weighted by Gasteiger charge is -2.16. The van der Waals surface area contributed by atoms with Crippen LogP contribution in [0.1, 0.15) is 46.1 Å². The van der Waals surface area contributed by atoms with Gasteiger partial charge in [-0.2, -0.15) is 9.97 Å². The standard InChI is InChI=1S/C13H17N5O6.C10H13N5O5.C4H8O/c1-2-6(20)15-13-16-10-7(11(23)17-13)14-4-18(10)12-9(22)8(21)5(3-19)24-12;11-10-13-7-4(8(19)14-10)12-2-15(7)9-6(18)5(17)3(1-16)20-9;1-3-4(2)5/h4-5,8-9,12,19,21-22H,2-3H2,1H3,(H2,15,16,17,20,23);2-3,5-6,9,16-18H,1H2,(H3,11,13,14,19);3H2,1-2H3/t5-,8-,9-,12-;3-,5-,6-,9-;/m11./s1. The zero-order valence-electron chi connectivity index (χ0n) is 26.5. The molecule has 22 nitrogen and oxygen atoms in total. The molecule has 268 valence electrons. The molecule has 0 spiro atoms. The minimum atomic E-state index is -1.34. The second-order valence-corrected chi connectivity index (χ2v) is 10.9. The molecule has 2 fully saturated rings. The molecule has 2 saturated heterocycles. The van der Waals surface area contributed by atoms with Gasteiger partial charge in [0.2, 0.25) is 17.8 Å². The summed E-state index contributed by atoms with van der Waals surface area (Å²) in [7, 11) is 0. The summed E-state index contributed by atoms with van der Waals surface area (Å²) in [6.45, 7) is 4.16. The lowest BCUT2D eigenvalue weighted by atomic mass is 10.1. The van der Waals surface area contributed by atoms with Crippen molar-refractivity contribution in [3.63, 3.8) is 0 Å². The lowest BCUT2D eigenvalue weighted by molar-refractivity contribution is -0.117. The second kappa shape index (κ2) is 15.7. The Bertz CT molecular complexity index is 1890. The molecule has 49 heavy (non-hydrogen) atoms. The van der Waals surface area contributed by atoms with Gasteiger partial charge in [0.1, 0.15) is 42.4 Å². The number of carbonyl (C=O) groups excluding carboxylic acids is 2. The number of aliphatic hydroxyl groups is 6. The Morgan fingerprint density at radius 2 is 1.27 bits per heavy atom. The molecule has 2 aliphatic rings. The van der Waals surface area contributed by atoms with Gasteiger partial charge in [0.25, 0.3) is 11.1 Å². The number of imidazole rings is 2. The van der Waals surface area contributed by atoms with Crippen molar-refractivity contribution >= 4 is 45.9 Å². The molecule has 6 heterocycles. The van der Waals surface area contributed by atoms with Crippen LogP contribution in [-0.4, -0.2) is 131 Å². The minimum absolute atomic E-state index is 0.0118. The molecular weight excluding hydrogens is 656 g/mol. The average molecular weight is 695 g/mol. The van der Waals surface area contributed by atoms with Crippen molar-refractivity contribution in [3.05, 3.63) is 33.4 Å². The SMILES string of the molecule is CCC(=O)Nc1nc2c(ncn2[C@@H]2O[C@H](CO)[C@@H](O)[C@H]2O)c(=O)[nH]1.CCC(C)=O.Nc1nc2c(ncn2[C@@H]2O[C@H](CO)[C@@H](O)[C@H]2O)c(=O)[nH]1. The van der Waals surface area contributed by atoms with Crippen molar-refractivity contribution in [2.75, 3.05) is 24.3 Å². The molecule has 11 N–H and O–H groups in total. The molecule has 0 radical (unpaired) electrons. The van der Waals surface area contributed by atoms with Crippen LogP contribution in [0.5, 0.6) is 0 Å². The first-order valence-corrected chi connectivity index (χ1v) is 15.0. The van der Waals surface area contributed by atoms with E-state index in [-0.39, 0.29) is 52.3 Å². The van der Waals surface area contributed by atoms with Crippen LogP contribution < -0.4 is 22.2 Å². The number of carbonyl (C=O) groups is 2. The number of ketones is 1. The summed E-state index contributed by atoms with van der Waals surface area (Å²) in [5.41, 5.74) is 4.60. The van der Waals surface area contributed by atoms with Crippen molar-refractivity contribution in [2.24, 2.45) is 0 Å². The van der Waals surface area contributed by atoms with E-state index in [2.05, 4.69) is 35.2 Å². The maximum Gasteiger partial charge on any atom is 0.280 e. The van der Waals surface area contributed by atoms with Crippen LogP contribution in [0, 0.1) is 0 Å². The molecule has 0 aliphatic carbocycles. The average Bonchev–Trinajstić information content (AvgIpc) is 3.82. The van der Waals surface area contributed by atoms with E-state index in [9.17, 15) is 39.6 Å². The van der Waals surface area contributed by atoms with E-state index in [0.717, 1.165) is 0 Å². The van der Waals surface area contributed by atoms with Gasteiger partial charge in [-0.15, -0.1) is 0 Å². The highest BCUT2D eigenvalue weighted by Gasteiger charge is 2.45. The van der Waals surface area contributed by atoms with E-state index in [0.29, 0.717) is 6.42 Å².